The second-order valence-corrected chi connectivity index (χ2v) is 18.0. The molecule has 6 N–H and O–H groups in total. The van der Waals surface area contributed by atoms with Gasteiger partial charge in [-0.05, 0) is 66.8 Å². The number of amides is 5. The van der Waals surface area contributed by atoms with E-state index < -0.39 is 47.9 Å². The molecule has 1 aliphatic carbocycles. The minimum atomic E-state index is -1.23. The van der Waals surface area contributed by atoms with E-state index in [2.05, 4.69) is 28.2 Å². The van der Waals surface area contributed by atoms with Crippen molar-refractivity contribution >= 4 is 35.7 Å². The normalized spacial score (nSPS) is 13.0. The van der Waals surface area contributed by atoms with E-state index in [4.69, 9.17) is 15.2 Å². The Morgan fingerprint density at radius 1 is 0.567 bits per heavy atom. The maximum atomic E-state index is 13.2. The molecule has 0 bridgehead atoms. The molecule has 0 spiro atoms. The van der Waals surface area contributed by atoms with E-state index in [9.17, 15) is 28.8 Å². The van der Waals surface area contributed by atoms with Gasteiger partial charge in [-0.15, -0.1) is 0 Å². The molecular formula is C54H77N5O8. The third-order valence-corrected chi connectivity index (χ3v) is 12.5. The van der Waals surface area contributed by atoms with Crippen LogP contribution in [0.3, 0.4) is 0 Å². The molecule has 0 saturated carbocycles. The Morgan fingerprint density at radius 2 is 1.12 bits per heavy atom. The van der Waals surface area contributed by atoms with E-state index in [1.54, 1.807) is 0 Å². The van der Waals surface area contributed by atoms with Crippen LogP contribution in [0.5, 0.6) is 0 Å². The van der Waals surface area contributed by atoms with Crippen LogP contribution in [0.25, 0.3) is 11.1 Å². The van der Waals surface area contributed by atoms with Crippen LogP contribution in [-0.4, -0.2) is 67.0 Å². The first-order valence-electron chi connectivity index (χ1n) is 25.0. The molecule has 0 fully saturated rings. The highest BCUT2D eigenvalue weighted by atomic mass is 16.5. The molecule has 13 nitrogen and oxygen atoms in total. The number of nitrogens with one attached hydrogen (secondary N) is 4. The Bertz CT molecular complexity index is 1930. The standard InChI is InChI=1S/C54H77N5O8/c1-3-4-5-6-7-8-9-10-11-12-13-14-15-16-20-34-49(60)56-37-26-25-33-48(53(64)66-38-41-27-18-17-19-28-41)58-50(61)36-35-47(51(55)62)59-52(63)40(2)57-54(65)67-39-46-44-31-23-21-29-42(44)43-30-22-24-32-45(43)46/h17-19,21-24,27-32,40,46-48H,3-16,20,25-26,33-39H2,1-2H3,(H2,55,62)(H,56,60)(H,57,65)(H,58,61)(H,59,63)/t40-,47+,48-/m0/s1. The van der Waals surface area contributed by atoms with Gasteiger partial charge in [0.2, 0.25) is 23.6 Å². The number of esters is 1. The summed E-state index contributed by atoms with van der Waals surface area (Å²) < 4.78 is 11.1. The van der Waals surface area contributed by atoms with Crippen LogP contribution in [0.2, 0.25) is 0 Å². The van der Waals surface area contributed by atoms with E-state index in [0.717, 1.165) is 47.1 Å². The van der Waals surface area contributed by atoms with Crippen LogP contribution in [0, 0.1) is 0 Å². The van der Waals surface area contributed by atoms with Crippen LogP contribution in [0.4, 0.5) is 4.79 Å². The summed E-state index contributed by atoms with van der Waals surface area (Å²) in [5.41, 5.74) is 10.7. The maximum Gasteiger partial charge on any atom is 0.407 e. The number of unbranched alkanes of at least 4 members (excludes halogenated alkanes) is 15. The topological polar surface area (TPSA) is 195 Å². The van der Waals surface area contributed by atoms with Crippen LogP contribution >= 0.6 is 0 Å². The van der Waals surface area contributed by atoms with Crippen molar-refractivity contribution in [3.63, 3.8) is 0 Å². The quantitative estimate of drug-likeness (QED) is 0.0289. The first-order chi connectivity index (χ1) is 32.6. The van der Waals surface area contributed by atoms with Gasteiger partial charge in [-0.25, -0.2) is 9.59 Å². The number of fused-ring (bicyclic) bond motifs is 3. The fourth-order valence-corrected chi connectivity index (χ4v) is 8.53. The SMILES string of the molecule is CCCCCCCCCCCCCCCCCC(=O)NCCCC[C@H](NC(=O)CC[C@@H](NC(=O)[C@H](C)NC(=O)OCC1c2ccccc2-c2ccccc21)C(N)=O)C(=O)OCc1ccccc1. The van der Waals surface area contributed by atoms with Gasteiger partial charge in [-0.3, -0.25) is 19.2 Å². The molecule has 1 aliphatic rings. The Kier molecular flexibility index (Phi) is 25.2. The van der Waals surface area contributed by atoms with Crippen molar-refractivity contribution in [2.24, 2.45) is 5.73 Å². The Balaban J connectivity index is 1.13. The molecule has 5 amide bonds. The second-order valence-electron chi connectivity index (χ2n) is 18.0. The van der Waals surface area contributed by atoms with Crippen molar-refractivity contribution in [3.05, 3.63) is 95.6 Å². The smallest absolute Gasteiger partial charge is 0.407 e. The first-order valence-corrected chi connectivity index (χ1v) is 25.0. The van der Waals surface area contributed by atoms with E-state index in [-0.39, 0.29) is 44.3 Å². The molecule has 0 aromatic heterocycles. The number of benzene rings is 3. The lowest BCUT2D eigenvalue weighted by Crippen LogP contribution is -2.52. The summed E-state index contributed by atoms with van der Waals surface area (Å²) in [6.45, 7) is 4.24. The molecule has 3 aromatic carbocycles. The number of hydrogen-bond donors (Lipinski definition) is 5. The van der Waals surface area contributed by atoms with E-state index >= 15 is 0 Å². The number of hydrogen-bond acceptors (Lipinski definition) is 8. The summed E-state index contributed by atoms with van der Waals surface area (Å²) in [4.78, 5) is 77.2. The highest BCUT2D eigenvalue weighted by Gasteiger charge is 2.30. The van der Waals surface area contributed by atoms with Gasteiger partial charge in [0.25, 0.3) is 0 Å². The molecule has 0 aliphatic heterocycles. The minimum Gasteiger partial charge on any atom is -0.459 e. The molecule has 0 radical (unpaired) electrons. The van der Waals surface area contributed by atoms with Crippen molar-refractivity contribution < 1.29 is 38.2 Å². The first kappa shape index (κ1) is 53.9. The summed E-state index contributed by atoms with van der Waals surface area (Å²) in [6.07, 6.45) is 19.8. The van der Waals surface area contributed by atoms with Gasteiger partial charge in [0.05, 0.1) is 0 Å². The zero-order valence-corrected chi connectivity index (χ0v) is 40.1. The van der Waals surface area contributed by atoms with Crippen molar-refractivity contribution in [3.8, 4) is 11.1 Å². The highest BCUT2D eigenvalue weighted by Crippen LogP contribution is 2.44. The van der Waals surface area contributed by atoms with Gasteiger partial charge in [0.1, 0.15) is 31.3 Å². The summed E-state index contributed by atoms with van der Waals surface area (Å²) in [5, 5.41) is 10.7. The summed E-state index contributed by atoms with van der Waals surface area (Å²) in [7, 11) is 0. The lowest BCUT2D eigenvalue weighted by atomic mass is 9.98. The van der Waals surface area contributed by atoms with Crippen LogP contribution in [-0.2, 0) is 40.1 Å². The molecule has 0 unspecified atom stereocenters. The lowest BCUT2D eigenvalue weighted by Gasteiger charge is -2.21. The molecule has 13 heteroatoms. The molecular weight excluding hydrogens is 847 g/mol. The van der Waals surface area contributed by atoms with Crippen molar-refractivity contribution in [2.75, 3.05) is 13.2 Å². The predicted octanol–water partition coefficient (Wildman–Crippen LogP) is 9.44. The van der Waals surface area contributed by atoms with E-state index in [0.29, 0.717) is 25.8 Å². The molecule has 366 valence electrons. The average molecular weight is 924 g/mol. The van der Waals surface area contributed by atoms with E-state index in [1.165, 1.54) is 84.0 Å². The van der Waals surface area contributed by atoms with Gasteiger partial charge in [-0.1, -0.05) is 176 Å². The van der Waals surface area contributed by atoms with Crippen molar-refractivity contribution in [2.45, 2.75) is 179 Å². The fourth-order valence-electron chi connectivity index (χ4n) is 8.53. The summed E-state index contributed by atoms with van der Waals surface area (Å²) >= 11 is 0. The molecule has 67 heavy (non-hydrogen) atoms. The molecule has 3 aromatic rings. The third-order valence-electron chi connectivity index (χ3n) is 12.5. The number of primary amides is 1. The fraction of sp³-hybridized carbons (Fsp3) is 0.556. The Hall–Kier alpha value is -5.72. The van der Waals surface area contributed by atoms with Gasteiger partial charge in [0.15, 0.2) is 0 Å². The van der Waals surface area contributed by atoms with Crippen molar-refractivity contribution in [1.29, 1.82) is 0 Å². The molecule has 0 heterocycles. The zero-order valence-electron chi connectivity index (χ0n) is 40.1. The maximum absolute atomic E-state index is 13.2. The number of rotatable bonds is 34. The number of carbonyl (C=O) groups excluding carboxylic acids is 6. The largest absolute Gasteiger partial charge is 0.459 e. The number of nitrogens with two attached hydrogens (primary N) is 1. The van der Waals surface area contributed by atoms with Crippen molar-refractivity contribution in [1.82, 2.24) is 21.3 Å². The minimum absolute atomic E-state index is 0.0142. The number of carbonyl (C=O) groups is 6. The summed E-state index contributed by atoms with van der Waals surface area (Å²) in [5.74, 6) is -2.85. The average Bonchev–Trinajstić information content (AvgIpc) is 3.65. The van der Waals surface area contributed by atoms with Crippen LogP contribution < -0.4 is 27.0 Å². The van der Waals surface area contributed by atoms with Crippen LogP contribution in [0.1, 0.15) is 171 Å². The lowest BCUT2D eigenvalue weighted by molar-refractivity contribution is -0.149. The third kappa shape index (κ3) is 20.4. The molecule has 4 rings (SSSR count). The number of alkyl carbamates (subject to hydrolysis) is 1. The van der Waals surface area contributed by atoms with Gasteiger partial charge in [0, 0.05) is 25.3 Å². The van der Waals surface area contributed by atoms with Gasteiger partial charge in [-0.2, -0.15) is 0 Å². The highest BCUT2D eigenvalue weighted by molar-refractivity contribution is 5.91. The molecule has 3 atom stereocenters. The van der Waals surface area contributed by atoms with Gasteiger partial charge >= 0.3 is 12.1 Å². The zero-order chi connectivity index (χ0) is 48.1. The number of ether oxygens (including phenoxy) is 2. The molecule has 0 saturated heterocycles. The van der Waals surface area contributed by atoms with Gasteiger partial charge < -0.3 is 36.5 Å². The monoisotopic (exact) mass is 924 g/mol. The Labute approximate surface area is 398 Å². The van der Waals surface area contributed by atoms with Crippen LogP contribution in [0.15, 0.2) is 78.9 Å². The predicted molar refractivity (Wildman–Crippen MR) is 263 cm³/mol. The Morgan fingerprint density at radius 3 is 1.70 bits per heavy atom. The second kappa shape index (κ2) is 31.3. The van der Waals surface area contributed by atoms with E-state index in [1.807, 2.05) is 78.9 Å². The summed E-state index contributed by atoms with van der Waals surface area (Å²) in [6, 6.07) is 21.8.